The maximum atomic E-state index is 13.2. The number of amides is 1. The number of carbonyl (C=O) groups excluding carboxylic acids is 2. The number of rotatable bonds is 9. The number of methoxy groups -OCH3 is 1. The van der Waals surface area contributed by atoms with Crippen LogP contribution in [0.5, 0.6) is 5.75 Å². The van der Waals surface area contributed by atoms with Crippen LogP contribution in [0.3, 0.4) is 0 Å². The van der Waals surface area contributed by atoms with Crippen LogP contribution in [-0.2, 0) is 9.53 Å². The summed E-state index contributed by atoms with van der Waals surface area (Å²) in [5.41, 5.74) is 1.19. The van der Waals surface area contributed by atoms with E-state index in [1.54, 1.807) is 0 Å². The van der Waals surface area contributed by atoms with Crippen LogP contribution in [0.1, 0.15) is 35.2 Å². The number of alkyl halides is 3. The SMILES string of the molecule is COC(=O)c1ccc(O)c(SNc2cc(C#N)c(Cl)cc2N2CCCCC2CN(CCO)C(=O)C(F)(F)F)c1. The number of ether oxygens (including phenoxy) is 1. The Labute approximate surface area is 232 Å². The van der Waals surface area contributed by atoms with Gasteiger partial charge >= 0.3 is 18.1 Å². The normalized spacial score (nSPS) is 15.4. The second-order valence-electron chi connectivity index (χ2n) is 8.65. The van der Waals surface area contributed by atoms with Gasteiger partial charge in [0.1, 0.15) is 11.8 Å². The van der Waals surface area contributed by atoms with E-state index >= 15 is 0 Å². The fourth-order valence-electron chi connectivity index (χ4n) is 4.26. The number of benzene rings is 2. The van der Waals surface area contributed by atoms with Crippen LogP contribution >= 0.6 is 23.5 Å². The number of nitriles is 1. The van der Waals surface area contributed by atoms with E-state index in [2.05, 4.69) is 4.72 Å². The van der Waals surface area contributed by atoms with Gasteiger partial charge in [-0.2, -0.15) is 18.4 Å². The van der Waals surface area contributed by atoms with Crippen molar-refractivity contribution in [3.63, 3.8) is 0 Å². The molecule has 1 amide bonds. The Morgan fingerprint density at radius 1 is 1.31 bits per heavy atom. The van der Waals surface area contributed by atoms with Crippen LogP contribution in [0.2, 0.25) is 5.02 Å². The van der Waals surface area contributed by atoms with E-state index in [1.807, 2.05) is 11.0 Å². The molecule has 9 nitrogen and oxygen atoms in total. The minimum absolute atomic E-state index is 0.126. The Morgan fingerprint density at radius 3 is 2.69 bits per heavy atom. The van der Waals surface area contributed by atoms with E-state index < -0.39 is 37.2 Å². The quantitative estimate of drug-likeness (QED) is 0.286. The molecule has 2 aromatic rings. The number of carbonyl (C=O) groups is 2. The monoisotopic (exact) mass is 586 g/mol. The first-order chi connectivity index (χ1) is 18.5. The van der Waals surface area contributed by atoms with Gasteiger partial charge in [0.15, 0.2) is 0 Å². The second kappa shape index (κ2) is 13.1. The number of esters is 1. The summed E-state index contributed by atoms with van der Waals surface area (Å²) in [5.74, 6) is -2.76. The average molecular weight is 587 g/mol. The first-order valence-electron chi connectivity index (χ1n) is 11.8. The zero-order chi connectivity index (χ0) is 28.7. The molecule has 2 aromatic carbocycles. The Bertz CT molecular complexity index is 1260. The molecule has 0 spiro atoms. The Balaban J connectivity index is 1.96. The summed E-state index contributed by atoms with van der Waals surface area (Å²) in [6.07, 6.45) is -3.18. The Morgan fingerprint density at radius 2 is 2.05 bits per heavy atom. The summed E-state index contributed by atoms with van der Waals surface area (Å²) in [7, 11) is 1.22. The zero-order valence-corrected chi connectivity index (χ0v) is 22.4. The third kappa shape index (κ3) is 7.40. The highest BCUT2D eigenvalue weighted by atomic mass is 35.5. The van der Waals surface area contributed by atoms with Gasteiger partial charge in [0.25, 0.3) is 0 Å². The molecule has 0 saturated carbocycles. The second-order valence-corrected chi connectivity index (χ2v) is 9.91. The summed E-state index contributed by atoms with van der Waals surface area (Å²) < 4.78 is 47.4. The summed E-state index contributed by atoms with van der Waals surface area (Å²) >= 11 is 7.27. The van der Waals surface area contributed by atoms with Gasteiger partial charge in [-0.05, 0) is 61.5 Å². The summed E-state index contributed by atoms with van der Waals surface area (Å²) in [5, 5.41) is 29.2. The molecule has 1 fully saturated rings. The number of aliphatic hydroxyl groups excluding tert-OH is 1. The number of anilines is 2. The molecular weight excluding hydrogens is 561 g/mol. The number of hydrogen-bond acceptors (Lipinski definition) is 9. The number of phenols is 1. The molecule has 210 valence electrons. The van der Waals surface area contributed by atoms with Crippen LogP contribution in [0, 0.1) is 11.3 Å². The lowest BCUT2D eigenvalue weighted by Gasteiger charge is -2.41. The molecule has 0 radical (unpaired) electrons. The predicted molar refractivity (Wildman–Crippen MR) is 140 cm³/mol. The third-order valence-electron chi connectivity index (χ3n) is 6.13. The van der Waals surface area contributed by atoms with Crippen molar-refractivity contribution in [2.45, 2.75) is 36.4 Å². The van der Waals surface area contributed by atoms with Gasteiger partial charge in [-0.1, -0.05) is 11.6 Å². The first kappa shape index (κ1) is 30.2. The largest absolute Gasteiger partial charge is 0.507 e. The van der Waals surface area contributed by atoms with E-state index in [1.165, 1.54) is 37.4 Å². The highest BCUT2D eigenvalue weighted by molar-refractivity contribution is 8.00. The highest BCUT2D eigenvalue weighted by Crippen LogP contribution is 2.39. The van der Waals surface area contributed by atoms with Crippen molar-refractivity contribution in [2.24, 2.45) is 0 Å². The number of phenolic OH excluding ortho intramolecular Hbond substituents is 1. The molecule has 1 aliphatic heterocycles. The molecule has 1 atom stereocenters. The molecule has 0 bridgehead atoms. The van der Waals surface area contributed by atoms with Gasteiger partial charge in [0.2, 0.25) is 0 Å². The lowest BCUT2D eigenvalue weighted by atomic mass is 9.99. The topological polar surface area (TPSA) is 126 Å². The van der Waals surface area contributed by atoms with Gasteiger partial charge in [-0.25, -0.2) is 4.79 Å². The van der Waals surface area contributed by atoms with Crippen molar-refractivity contribution >= 4 is 46.8 Å². The van der Waals surface area contributed by atoms with Gasteiger partial charge in [-0.3, -0.25) is 4.79 Å². The van der Waals surface area contributed by atoms with Gasteiger partial charge in [0, 0.05) is 25.7 Å². The molecule has 3 rings (SSSR count). The van der Waals surface area contributed by atoms with Gasteiger partial charge in [-0.15, -0.1) is 0 Å². The van der Waals surface area contributed by atoms with E-state index in [9.17, 15) is 38.2 Å². The number of halogens is 4. The minimum atomic E-state index is -5.09. The molecule has 1 aliphatic rings. The third-order valence-corrected chi connectivity index (χ3v) is 7.31. The molecule has 1 heterocycles. The molecular formula is C25H26ClF3N4O5S. The van der Waals surface area contributed by atoms with Gasteiger partial charge in [0.05, 0.1) is 46.1 Å². The molecule has 3 N–H and O–H groups in total. The van der Waals surface area contributed by atoms with Gasteiger partial charge < -0.3 is 29.5 Å². The Hall–Kier alpha value is -3.34. The van der Waals surface area contributed by atoms with E-state index in [4.69, 9.17) is 16.3 Å². The summed E-state index contributed by atoms with van der Waals surface area (Å²) in [4.78, 5) is 26.6. The van der Waals surface area contributed by atoms with Crippen LogP contribution in [0.25, 0.3) is 0 Å². The summed E-state index contributed by atoms with van der Waals surface area (Å²) in [6, 6.07) is 8.58. The van der Waals surface area contributed by atoms with Crippen molar-refractivity contribution in [1.82, 2.24) is 4.90 Å². The van der Waals surface area contributed by atoms with Crippen molar-refractivity contribution < 1.29 is 37.7 Å². The number of nitrogens with one attached hydrogen (secondary N) is 1. The number of piperidine rings is 1. The number of hydrogen-bond donors (Lipinski definition) is 3. The lowest BCUT2D eigenvalue weighted by Crippen LogP contribution is -2.52. The van der Waals surface area contributed by atoms with E-state index in [0.29, 0.717) is 35.7 Å². The molecule has 1 saturated heterocycles. The first-order valence-corrected chi connectivity index (χ1v) is 13.0. The molecule has 0 aromatic heterocycles. The van der Waals surface area contributed by atoms with E-state index in [-0.39, 0.29) is 33.3 Å². The van der Waals surface area contributed by atoms with Crippen molar-refractivity contribution in [3.8, 4) is 11.8 Å². The maximum absolute atomic E-state index is 13.2. The van der Waals surface area contributed by atoms with Crippen LogP contribution in [-0.4, -0.2) is 72.6 Å². The van der Waals surface area contributed by atoms with Crippen LogP contribution < -0.4 is 9.62 Å². The number of aliphatic hydroxyl groups is 1. The van der Waals surface area contributed by atoms with Crippen molar-refractivity contribution in [2.75, 3.05) is 43.0 Å². The van der Waals surface area contributed by atoms with Crippen LogP contribution in [0.15, 0.2) is 35.2 Å². The zero-order valence-electron chi connectivity index (χ0n) is 20.8. The standard InChI is InChI=1S/C25H26ClF3N4O5S/c1-38-23(36)15-5-6-21(35)22(11-15)39-31-19-10-16(13-30)18(26)12-20(19)33-7-3-2-4-17(33)14-32(8-9-34)24(37)25(27,28)29/h5-6,10-12,17,31,34-35H,2-4,7-9,14H2,1H3. The molecule has 0 aliphatic carbocycles. The fourth-order valence-corrected chi connectivity index (χ4v) is 5.20. The molecule has 39 heavy (non-hydrogen) atoms. The Kier molecular flexibility index (Phi) is 10.2. The fraction of sp³-hybridized carbons (Fsp3) is 0.400. The lowest BCUT2D eigenvalue weighted by molar-refractivity contribution is -0.186. The molecule has 14 heteroatoms. The van der Waals surface area contributed by atoms with Crippen molar-refractivity contribution in [1.29, 1.82) is 5.26 Å². The average Bonchev–Trinajstić information content (AvgIpc) is 2.91. The number of nitrogens with zero attached hydrogens (tertiary/aromatic N) is 3. The van der Waals surface area contributed by atoms with E-state index in [0.717, 1.165) is 18.4 Å². The predicted octanol–water partition coefficient (Wildman–Crippen LogP) is 4.57. The summed E-state index contributed by atoms with van der Waals surface area (Å²) in [6.45, 7) is -0.962. The molecule has 1 unspecified atom stereocenters. The number of aromatic hydroxyl groups is 1. The maximum Gasteiger partial charge on any atom is 0.471 e. The smallest absolute Gasteiger partial charge is 0.471 e. The van der Waals surface area contributed by atoms with Crippen LogP contribution in [0.4, 0.5) is 24.5 Å². The minimum Gasteiger partial charge on any atom is -0.507 e. The van der Waals surface area contributed by atoms with Crippen molar-refractivity contribution in [3.05, 3.63) is 46.5 Å². The highest BCUT2D eigenvalue weighted by Gasteiger charge is 2.43.